The highest BCUT2D eigenvalue weighted by Crippen LogP contribution is 2.33. The van der Waals surface area contributed by atoms with Crippen molar-refractivity contribution in [2.75, 3.05) is 4.31 Å². The number of nitrogens with zero attached hydrogens (tertiary/aromatic N) is 2. The van der Waals surface area contributed by atoms with Crippen LogP contribution in [0.1, 0.15) is 20.7 Å². The van der Waals surface area contributed by atoms with E-state index in [0.29, 0.717) is 4.31 Å². The third-order valence-corrected chi connectivity index (χ3v) is 4.75. The molecule has 1 aromatic carbocycles. The summed E-state index contributed by atoms with van der Waals surface area (Å²) in [7, 11) is -4.15. The van der Waals surface area contributed by atoms with Crippen molar-refractivity contribution in [3.8, 4) is 0 Å². The molecular weight excluding hydrogens is 296 g/mol. The number of carbonyl (C=O) groups excluding carboxylic acids is 1. The molecule has 1 aromatic heterocycles. The average Bonchev–Trinajstić information content (AvgIpc) is 2.66. The van der Waals surface area contributed by atoms with Crippen LogP contribution in [-0.2, 0) is 10.0 Å². The fourth-order valence-corrected chi connectivity index (χ4v) is 3.64. The minimum atomic E-state index is -4.15. The van der Waals surface area contributed by atoms with E-state index in [2.05, 4.69) is 4.98 Å². The summed E-state index contributed by atoms with van der Waals surface area (Å²) in [5, 5.41) is 8.93. The predicted octanol–water partition coefficient (Wildman–Crippen LogP) is 1.13. The Morgan fingerprint density at radius 1 is 1.19 bits per heavy atom. The second kappa shape index (κ2) is 4.38. The number of anilines is 1. The van der Waals surface area contributed by atoms with Gasteiger partial charge in [0.15, 0.2) is 5.82 Å². The van der Waals surface area contributed by atoms with Crippen molar-refractivity contribution in [2.24, 2.45) is 0 Å². The molecule has 3 rings (SSSR count). The molecule has 0 fully saturated rings. The van der Waals surface area contributed by atoms with E-state index in [1.807, 2.05) is 0 Å². The monoisotopic (exact) mass is 304 g/mol. The highest BCUT2D eigenvalue weighted by atomic mass is 32.2. The zero-order valence-corrected chi connectivity index (χ0v) is 11.2. The minimum Gasteiger partial charge on any atom is -0.478 e. The molecule has 0 atom stereocenters. The van der Waals surface area contributed by atoms with Gasteiger partial charge in [0.05, 0.1) is 11.1 Å². The van der Waals surface area contributed by atoms with E-state index in [0.717, 1.165) is 6.07 Å². The topological polar surface area (TPSA) is 105 Å². The second-order valence-corrected chi connectivity index (χ2v) is 6.03. The summed E-state index contributed by atoms with van der Waals surface area (Å²) < 4.78 is 25.5. The molecule has 1 N–H and O–H groups in total. The summed E-state index contributed by atoms with van der Waals surface area (Å²) in [5.41, 5.74) is -0.265. The number of carboxylic acids is 1. The first-order valence-corrected chi connectivity index (χ1v) is 7.25. The van der Waals surface area contributed by atoms with Gasteiger partial charge >= 0.3 is 5.97 Å². The van der Waals surface area contributed by atoms with E-state index in [1.54, 1.807) is 12.1 Å². The predicted molar refractivity (Wildman–Crippen MR) is 71.6 cm³/mol. The molecule has 7 nitrogen and oxygen atoms in total. The Bertz CT molecular complexity index is 861. The molecule has 0 saturated carbocycles. The molecule has 0 radical (unpaired) electrons. The second-order valence-electron chi connectivity index (χ2n) is 4.28. The van der Waals surface area contributed by atoms with Gasteiger partial charge in [0.1, 0.15) is 4.90 Å². The summed E-state index contributed by atoms with van der Waals surface area (Å²) in [6.45, 7) is 0. The number of amides is 1. The Balaban J connectivity index is 2.22. The fraction of sp³-hybridized carbons (Fsp3) is 0. The molecule has 106 valence electrons. The van der Waals surface area contributed by atoms with Crippen molar-refractivity contribution in [2.45, 2.75) is 4.90 Å². The largest absolute Gasteiger partial charge is 0.478 e. The molecule has 21 heavy (non-hydrogen) atoms. The van der Waals surface area contributed by atoms with E-state index in [4.69, 9.17) is 5.11 Å². The van der Waals surface area contributed by atoms with Crippen LogP contribution >= 0.6 is 0 Å². The Hall–Kier alpha value is -2.74. The van der Waals surface area contributed by atoms with Crippen LogP contribution in [0.3, 0.4) is 0 Å². The lowest BCUT2D eigenvalue weighted by atomic mass is 10.1. The SMILES string of the molecule is O=C(O)c1ccc2c(c1)S(=O)(=O)N(c1ccccn1)C2=O. The van der Waals surface area contributed by atoms with Gasteiger partial charge in [-0.05, 0) is 30.3 Å². The lowest BCUT2D eigenvalue weighted by Crippen LogP contribution is -2.30. The Kier molecular flexibility index (Phi) is 2.77. The van der Waals surface area contributed by atoms with Gasteiger partial charge in [-0.1, -0.05) is 6.07 Å². The van der Waals surface area contributed by atoms with Crippen molar-refractivity contribution in [3.05, 3.63) is 53.7 Å². The maximum atomic E-state index is 12.4. The molecule has 1 amide bonds. The lowest BCUT2D eigenvalue weighted by Gasteiger charge is -2.13. The van der Waals surface area contributed by atoms with Crippen LogP contribution in [0.5, 0.6) is 0 Å². The molecule has 0 aliphatic carbocycles. The Labute approximate surface area is 119 Å². The van der Waals surface area contributed by atoms with Gasteiger partial charge < -0.3 is 5.11 Å². The van der Waals surface area contributed by atoms with Gasteiger partial charge in [0, 0.05) is 6.20 Å². The third kappa shape index (κ3) is 1.88. The molecule has 2 aromatic rings. The molecule has 0 saturated heterocycles. The smallest absolute Gasteiger partial charge is 0.335 e. The molecule has 2 heterocycles. The zero-order chi connectivity index (χ0) is 15.2. The summed E-state index contributed by atoms with van der Waals surface area (Å²) in [5.74, 6) is -2.05. The van der Waals surface area contributed by atoms with Crippen LogP contribution in [0, 0.1) is 0 Å². The summed E-state index contributed by atoms with van der Waals surface area (Å²) in [6, 6.07) is 7.90. The molecule has 0 spiro atoms. The quantitative estimate of drug-likeness (QED) is 0.891. The molecule has 1 aliphatic rings. The minimum absolute atomic E-state index is 0.0319. The van der Waals surface area contributed by atoms with Crippen molar-refractivity contribution in [1.29, 1.82) is 0 Å². The number of pyridine rings is 1. The van der Waals surface area contributed by atoms with Crippen molar-refractivity contribution in [1.82, 2.24) is 4.98 Å². The van der Waals surface area contributed by atoms with E-state index in [-0.39, 0.29) is 21.8 Å². The summed E-state index contributed by atoms with van der Waals surface area (Å²) in [4.78, 5) is 26.7. The van der Waals surface area contributed by atoms with E-state index in [1.165, 1.54) is 24.4 Å². The van der Waals surface area contributed by atoms with Crippen LogP contribution in [0.15, 0.2) is 47.5 Å². The van der Waals surface area contributed by atoms with Crippen LogP contribution < -0.4 is 4.31 Å². The van der Waals surface area contributed by atoms with Crippen LogP contribution in [0.25, 0.3) is 0 Å². The van der Waals surface area contributed by atoms with Gasteiger partial charge in [0.25, 0.3) is 15.9 Å². The molecule has 0 bridgehead atoms. The van der Waals surface area contributed by atoms with E-state index in [9.17, 15) is 18.0 Å². The highest BCUT2D eigenvalue weighted by molar-refractivity contribution is 7.94. The van der Waals surface area contributed by atoms with Gasteiger partial charge in [-0.3, -0.25) is 4.79 Å². The van der Waals surface area contributed by atoms with Crippen molar-refractivity contribution >= 4 is 27.7 Å². The van der Waals surface area contributed by atoms with Gasteiger partial charge in [-0.25, -0.2) is 18.2 Å². The molecule has 8 heteroatoms. The van der Waals surface area contributed by atoms with Crippen LogP contribution in [-0.4, -0.2) is 30.4 Å². The number of benzene rings is 1. The summed E-state index contributed by atoms with van der Waals surface area (Å²) >= 11 is 0. The van der Waals surface area contributed by atoms with Gasteiger partial charge in [0.2, 0.25) is 0 Å². The Morgan fingerprint density at radius 2 is 1.95 bits per heavy atom. The maximum Gasteiger partial charge on any atom is 0.335 e. The number of hydrogen-bond acceptors (Lipinski definition) is 5. The van der Waals surface area contributed by atoms with Crippen LogP contribution in [0.2, 0.25) is 0 Å². The Morgan fingerprint density at radius 3 is 2.57 bits per heavy atom. The van der Waals surface area contributed by atoms with E-state index < -0.39 is 21.9 Å². The molecule has 1 aliphatic heterocycles. The van der Waals surface area contributed by atoms with Gasteiger partial charge in [-0.2, -0.15) is 4.31 Å². The van der Waals surface area contributed by atoms with Gasteiger partial charge in [-0.15, -0.1) is 0 Å². The number of aromatic carboxylic acids is 1. The average molecular weight is 304 g/mol. The number of carbonyl (C=O) groups is 2. The molecular formula is C13H8N2O5S. The van der Waals surface area contributed by atoms with Crippen molar-refractivity contribution in [3.63, 3.8) is 0 Å². The number of sulfonamides is 1. The molecule has 0 unspecified atom stereocenters. The third-order valence-electron chi connectivity index (χ3n) is 3.02. The van der Waals surface area contributed by atoms with Crippen LogP contribution in [0.4, 0.5) is 5.82 Å². The number of hydrogen-bond donors (Lipinski definition) is 1. The number of rotatable bonds is 2. The first kappa shape index (κ1) is 13.3. The van der Waals surface area contributed by atoms with Crippen molar-refractivity contribution < 1.29 is 23.1 Å². The number of fused-ring (bicyclic) bond motifs is 1. The maximum absolute atomic E-state index is 12.4. The standard InChI is InChI=1S/C13H8N2O5S/c16-12-9-5-4-8(13(17)18)7-10(9)21(19,20)15(12)11-3-1-2-6-14-11/h1-7H,(H,17,18). The first-order valence-electron chi connectivity index (χ1n) is 5.81. The lowest BCUT2D eigenvalue weighted by molar-refractivity contribution is 0.0696. The summed E-state index contributed by atoms with van der Waals surface area (Å²) in [6.07, 6.45) is 1.36. The normalized spacial score (nSPS) is 15.8. The van der Waals surface area contributed by atoms with E-state index >= 15 is 0 Å². The fourth-order valence-electron chi connectivity index (χ4n) is 2.06. The zero-order valence-electron chi connectivity index (χ0n) is 10.4. The first-order chi connectivity index (χ1) is 9.93. The number of carboxylic acid groups (broad SMARTS) is 1. The number of aromatic nitrogens is 1. The highest BCUT2D eigenvalue weighted by Gasteiger charge is 2.43.